The third-order valence-electron chi connectivity index (χ3n) is 4.07. The van der Waals surface area contributed by atoms with Crippen molar-refractivity contribution in [2.75, 3.05) is 0 Å². The second-order valence-corrected chi connectivity index (χ2v) is 5.72. The third-order valence-corrected chi connectivity index (χ3v) is 4.07. The number of fused-ring (bicyclic) bond motifs is 1. The van der Waals surface area contributed by atoms with Gasteiger partial charge in [-0.15, -0.1) is 0 Å². The minimum atomic E-state index is -0.975. The molecule has 3 aromatic carbocycles. The molecule has 23 heavy (non-hydrogen) atoms. The van der Waals surface area contributed by atoms with Crippen LogP contribution in [0.15, 0.2) is 48.5 Å². The lowest BCUT2D eigenvalue weighted by molar-refractivity contribution is 0.509. The molecule has 0 fully saturated rings. The number of unbranched alkanes of at least 4 members (excludes halogenated alkanes) is 1. The van der Waals surface area contributed by atoms with Gasteiger partial charge in [-0.1, -0.05) is 49.7 Å². The van der Waals surface area contributed by atoms with Crippen LogP contribution in [-0.4, -0.2) is 0 Å². The number of hydrogen-bond acceptors (Lipinski definition) is 0. The summed E-state index contributed by atoms with van der Waals surface area (Å²) < 4.78 is 41.2. The second kappa shape index (κ2) is 6.45. The summed E-state index contributed by atoms with van der Waals surface area (Å²) >= 11 is 0. The van der Waals surface area contributed by atoms with E-state index in [1.54, 1.807) is 12.1 Å². The van der Waals surface area contributed by atoms with Gasteiger partial charge in [0.15, 0.2) is 11.6 Å². The van der Waals surface area contributed by atoms with Gasteiger partial charge in [-0.2, -0.15) is 0 Å². The number of hydrogen-bond donors (Lipinski definition) is 0. The Morgan fingerprint density at radius 2 is 1.65 bits per heavy atom. The average molecular weight is 314 g/mol. The van der Waals surface area contributed by atoms with E-state index in [0.717, 1.165) is 36.8 Å². The van der Waals surface area contributed by atoms with Gasteiger partial charge >= 0.3 is 0 Å². The highest BCUT2D eigenvalue weighted by atomic mass is 19.2. The highest BCUT2D eigenvalue weighted by molar-refractivity contribution is 5.88. The molecule has 0 heterocycles. The van der Waals surface area contributed by atoms with Crippen molar-refractivity contribution in [1.29, 1.82) is 0 Å². The van der Waals surface area contributed by atoms with E-state index in [-0.39, 0.29) is 5.56 Å². The predicted octanol–water partition coefficient (Wildman–Crippen LogP) is 6.27. The lowest BCUT2D eigenvalue weighted by Crippen LogP contribution is -1.91. The van der Waals surface area contributed by atoms with Crippen LogP contribution in [0.3, 0.4) is 0 Å². The topological polar surface area (TPSA) is 0 Å². The van der Waals surface area contributed by atoms with E-state index in [1.165, 1.54) is 11.6 Å². The van der Waals surface area contributed by atoms with Gasteiger partial charge in [0.25, 0.3) is 0 Å². The molecule has 0 bridgehead atoms. The van der Waals surface area contributed by atoms with Crippen LogP contribution in [0, 0.1) is 17.5 Å². The summed E-state index contributed by atoms with van der Waals surface area (Å²) in [5.41, 5.74) is 1.79. The maximum Gasteiger partial charge on any atom is 0.159 e. The molecule has 0 aliphatic heterocycles. The van der Waals surface area contributed by atoms with Crippen molar-refractivity contribution in [2.24, 2.45) is 0 Å². The molecule has 0 saturated carbocycles. The van der Waals surface area contributed by atoms with Crippen LogP contribution in [0.4, 0.5) is 13.2 Å². The molecule has 0 amide bonds. The molecule has 0 unspecified atom stereocenters. The highest BCUT2D eigenvalue weighted by Crippen LogP contribution is 2.30. The fourth-order valence-corrected chi connectivity index (χ4v) is 2.76. The Morgan fingerprint density at radius 3 is 2.39 bits per heavy atom. The monoisotopic (exact) mass is 314 g/mol. The van der Waals surface area contributed by atoms with Crippen LogP contribution in [0.2, 0.25) is 0 Å². The first-order valence-electron chi connectivity index (χ1n) is 7.76. The SMILES string of the molecule is CCCCc1ccc2c(F)c(-c3ccc(F)c(F)c3)ccc2c1. The zero-order chi connectivity index (χ0) is 16.4. The molecule has 118 valence electrons. The lowest BCUT2D eigenvalue weighted by atomic mass is 9.97. The van der Waals surface area contributed by atoms with E-state index in [4.69, 9.17) is 0 Å². The predicted molar refractivity (Wildman–Crippen MR) is 87.9 cm³/mol. The van der Waals surface area contributed by atoms with Crippen LogP contribution >= 0.6 is 0 Å². The molecular weight excluding hydrogens is 297 g/mol. The summed E-state index contributed by atoms with van der Waals surface area (Å²) in [6.45, 7) is 2.13. The van der Waals surface area contributed by atoms with E-state index in [2.05, 4.69) is 6.92 Å². The lowest BCUT2D eigenvalue weighted by Gasteiger charge is -2.09. The minimum Gasteiger partial charge on any atom is -0.206 e. The fourth-order valence-electron chi connectivity index (χ4n) is 2.76. The van der Waals surface area contributed by atoms with Gasteiger partial charge in [0, 0.05) is 10.9 Å². The molecule has 3 rings (SSSR count). The Morgan fingerprint density at radius 1 is 0.826 bits per heavy atom. The van der Waals surface area contributed by atoms with E-state index in [9.17, 15) is 13.2 Å². The van der Waals surface area contributed by atoms with Gasteiger partial charge in [-0.3, -0.25) is 0 Å². The quantitative estimate of drug-likeness (QED) is 0.532. The van der Waals surface area contributed by atoms with Crippen LogP contribution in [-0.2, 0) is 6.42 Å². The Balaban J connectivity index is 2.06. The fraction of sp³-hybridized carbons (Fsp3) is 0.200. The smallest absolute Gasteiger partial charge is 0.159 e. The van der Waals surface area contributed by atoms with E-state index >= 15 is 0 Å². The maximum atomic E-state index is 14.8. The Kier molecular flexibility index (Phi) is 4.37. The molecule has 0 N–H and O–H groups in total. The average Bonchev–Trinajstić information content (AvgIpc) is 2.56. The summed E-state index contributed by atoms with van der Waals surface area (Å²) in [7, 11) is 0. The highest BCUT2D eigenvalue weighted by Gasteiger charge is 2.12. The largest absolute Gasteiger partial charge is 0.206 e. The normalized spacial score (nSPS) is 11.1. The Hall–Kier alpha value is -2.29. The van der Waals surface area contributed by atoms with Crippen LogP contribution in [0.5, 0.6) is 0 Å². The number of rotatable bonds is 4. The van der Waals surface area contributed by atoms with Crippen molar-refractivity contribution >= 4 is 10.8 Å². The van der Waals surface area contributed by atoms with Crippen molar-refractivity contribution in [3.8, 4) is 11.1 Å². The summed E-state index contributed by atoms with van der Waals surface area (Å²) in [4.78, 5) is 0. The summed E-state index contributed by atoms with van der Waals surface area (Å²) in [5.74, 6) is -2.32. The van der Waals surface area contributed by atoms with Gasteiger partial charge in [-0.05, 0) is 41.5 Å². The summed E-state index contributed by atoms with van der Waals surface area (Å²) in [5, 5.41) is 1.31. The molecule has 0 atom stereocenters. The zero-order valence-corrected chi connectivity index (χ0v) is 12.9. The summed E-state index contributed by atoms with van der Waals surface area (Å²) in [6.07, 6.45) is 3.18. The number of benzene rings is 3. The van der Waals surface area contributed by atoms with Crippen LogP contribution in [0.25, 0.3) is 21.9 Å². The van der Waals surface area contributed by atoms with Crippen molar-refractivity contribution in [1.82, 2.24) is 0 Å². The molecule has 3 aromatic rings. The standard InChI is InChI=1S/C20H17F3/c1-2-3-4-13-5-8-16-14(11-13)6-9-17(20(16)23)15-7-10-18(21)19(22)12-15/h5-12H,2-4H2,1H3. The molecular formula is C20H17F3. The van der Waals surface area contributed by atoms with E-state index in [0.29, 0.717) is 10.9 Å². The van der Waals surface area contributed by atoms with Gasteiger partial charge in [0.2, 0.25) is 0 Å². The van der Waals surface area contributed by atoms with Gasteiger partial charge in [0.1, 0.15) is 5.82 Å². The van der Waals surface area contributed by atoms with Gasteiger partial charge in [0.05, 0.1) is 0 Å². The Bertz CT molecular complexity index is 853. The van der Waals surface area contributed by atoms with Crippen molar-refractivity contribution in [3.05, 3.63) is 71.5 Å². The first kappa shape index (κ1) is 15.6. The van der Waals surface area contributed by atoms with Gasteiger partial charge < -0.3 is 0 Å². The molecule has 0 aliphatic rings. The molecule has 0 radical (unpaired) electrons. The molecule has 0 saturated heterocycles. The zero-order valence-electron chi connectivity index (χ0n) is 12.9. The summed E-state index contributed by atoms with van der Waals surface area (Å²) in [6, 6.07) is 12.5. The number of aryl methyl sites for hydroxylation is 1. The van der Waals surface area contributed by atoms with Gasteiger partial charge in [-0.25, -0.2) is 13.2 Å². The van der Waals surface area contributed by atoms with Crippen LogP contribution < -0.4 is 0 Å². The molecule has 0 nitrogen and oxygen atoms in total. The maximum absolute atomic E-state index is 14.8. The Labute approximate surface area is 133 Å². The second-order valence-electron chi connectivity index (χ2n) is 5.72. The van der Waals surface area contributed by atoms with Crippen molar-refractivity contribution in [2.45, 2.75) is 26.2 Å². The third kappa shape index (κ3) is 3.09. The molecule has 3 heteroatoms. The minimum absolute atomic E-state index is 0.276. The van der Waals surface area contributed by atoms with Crippen molar-refractivity contribution in [3.63, 3.8) is 0 Å². The molecule has 0 aliphatic carbocycles. The molecule has 0 spiro atoms. The van der Waals surface area contributed by atoms with Crippen LogP contribution in [0.1, 0.15) is 25.3 Å². The number of halogens is 3. The van der Waals surface area contributed by atoms with E-state index < -0.39 is 17.5 Å². The molecule has 0 aromatic heterocycles. The first-order chi connectivity index (χ1) is 11.1. The first-order valence-corrected chi connectivity index (χ1v) is 7.76. The van der Waals surface area contributed by atoms with E-state index in [1.807, 2.05) is 18.2 Å². The van der Waals surface area contributed by atoms with Crippen molar-refractivity contribution < 1.29 is 13.2 Å².